The third-order valence-electron chi connectivity index (χ3n) is 6.55. The number of fused-ring (bicyclic) bond motifs is 3. The molecule has 0 N–H and O–H groups in total. The topological polar surface area (TPSA) is 52.9 Å². The van der Waals surface area contributed by atoms with Crippen LogP contribution < -0.4 is 9.47 Å². The van der Waals surface area contributed by atoms with Crippen LogP contribution in [-0.2, 0) is 24.3 Å². The zero-order chi connectivity index (χ0) is 25.5. The highest BCUT2D eigenvalue weighted by Crippen LogP contribution is 2.48. The Balaban J connectivity index is 2.05. The summed E-state index contributed by atoms with van der Waals surface area (Å²) in [6.45, 7) is 11.2. The highest BCUT2D eigenvalue weighted by Gasteiger charge is 2.35. The Morgan fingerprint density at radius 2 is 1.94 bits per heavy atom. The van der Waals surface area contributed by atoms with Crippen molar-refractivity contribution in [3.63, 3.8) is 0 Å². The smallest absolute Gasteiger partial charge is 0.271 e. The Morgan fingerprint density at radius 3 is 2.51 bits per heavy atom. The van der Waals surface area contributed by atoms with Crippen molar-refractivity contribution in [3.05, 3.63) is 46.5 Å². The number of hydrogen-bond acceptors (Lipinski definition) is 5. The summed E-state index contributed by atoms with van der Waals surface area (Å²) in [6.07, 6.45) is 0.807. The quantitative estimate of drug-likeness (QED) is 0.388. The van der Waals surface area contributed by atoms with E-state index in [4.69, 9.17) is 14.2 Å². The molecule has 0 bridgehead atoms. The van der Waals surface area contributed by atoms with Gasteiger partial charge < -0.3 is 23.7 Å². The van der Waals surface area contributed by atoms with Gasteiger partial charge in [0.15, 0.2) is 11.5 Å². The van der Waals surface area contributed by atoms with Crippen LogP contribution in [0.3, 0.4) is 0 Å². The minimum Gasteiger partial charge on any atom is -0.493 e. The number of carbonyl (C=O) groups is 1. The van der Waals surface area contributed by atoms with Gasteiger partial charge in [-0.1, -0.05) is 6.07 Å². The fourth-order valence-corrected chi connectivity index (χ4v) is 5.42. The predicted molar refractivity (Wildman–Crippen MR) is 142 cm³/mol. The van der Waals surface area contributed by atoms with Gasteiger partial charge in [0.1, 0.15) is 5.69 Å². The summed E-state index contributed by atoms with van der Waals surface area (Å²) < 4.78 is 19.7. The average molecular weight is 497 g/mol. The molecule has 188 valence electrons. The Labute approximate surface area is 212 Å². The maximum absolute atomic E-state index is 14.0. The van der Waals surface area contributed by atoms with Crippen LogP contribution in [0.25, 0.3) is 21.7 Å². The van der Waals surface area contributed by atoms with Crippen LogP contribution in [0.2, 0.25) is 0 Å². The van der Waals surface area contributed by atoms with Crippen LogP contribution in [0.4, 0.5) is 0 Å². The Morgan fingerprint density at radius 1 is 1.20 bits per heavy atom. The number of nitrogens with zero attached hydrogens (tertiary/aromatic N) is 2. The lowest BCUT2D eigenvalue weighted by atomic mass is 9.94. The van der Waals surface area contributed by atoms with E-state index in [0.29, 0.717) is 24.6 Å². The molecule has 1 amide bonds. The number of ether oxygens (including phenoxy) is 3. The second-order valence-electron chi connectivity index (χ2n) is 10.2. The highest BCUT2D eigenvalue weighted by molar-refractivity contribution is 7.13. The number of benzene rings is 1. The second-order valence-corrected chi connectivity index (χ2v) is 11.2. The third kappa shape index (κ3) is 4.59. The fraction of sp³-hybridized carbons (Fsp3) is 0.464. The van der Waals surface area contributed by atoms with Crippen molar-refractivity contribution in [2.45, 2.75) is 65.8 Å². The summed E-state index contributed by atoms with van der Waals surface area (Å²) in [5.74, 6) is 1.45. The van der Waals surface area contributed by atoms with Crippen molar-refractivity contribution in [2.24, 2.45) is 0 Å². The van der Waals surface area contributed by atoms with Crippen LogP contribution in [0, 0.1) is 0 Å². The van der Waals surface area contributed by atoms with Crippen LogP contribution >= 0.6 is 11.3 Å². The molecule has 0 fully saturated rings. The molecule has 3 aromatic rings. The molecule has 0 saturated carbocycles. The normalized spacial score (nSPS) is 12.9. The molecule has 4 rings (SSSR count). The zero-order valence-electron chi connectivity index (χ0n) is 22.0. The van der Waals surface area contributed by atoms with Crippen LogP contribution in [0.1, 0.15) is 56.2 Å². The summed E-state index contributed by atoms with van der Waals surface area (Å²) in [5, 5.41) is 2.07. The molecule has 0 atom stereocenters. The minimum atomic E-state index is -0.312. The number of methoxy groups -OCH3 is 2. The number of aryl methyl sites for hydroxylation is 1. The molecule has 0 aliphatic carbocycles. The number of aromatic nitrogens is 1. The first-order valence-electron chi connectivity index (χ1n) is 12.0. The number of thiophene rings is 1. The monoisotopic (exact) mass is 496 g/mol. The lowest BCUT2D eigenvalue weighted by Gasteiger charge is -2.33. The molecular weight excluding hydrogens is 460 g/mol. The third-order valence-corrected chi connectivity index (χ3v) is 7.43. The van der Waals surface area contributed by atoms with Gasteiger partial charge in [-0.25, -0.2) is 0 Å². The summed E-state index contributed by atoms with van der Waals surface area (Å²) in [7, 11) is 5.23. The van der Waals surface area contributed by atoms with Gasteiger partial charge >= 0.3 is 0 Å². The Bertz CT molecular complexity index is 1220. The number of carbonyl (C=O) groups excluding carboxylic acids is 1. The van der Waals surface area contributed by atoms with E-state index in [1.165, 1.54) is 5.56 Å². The summed E-state index contributed by atoms with van der Waals surface area (Å²) in [5.41, 5.74) is 5.69. The van der Waals surface area contributed by atoms with Crippen LogP contribution in [0.5, 0.6) is 11.5 Å². The van der Waals surface area contributed by atoms with E-state index < -0.39 is 0 Å². The molecule has 6 nitrogen and oxygen atoms in total. The lowest BCUT2D eigenvalue weighted by molar-refractivity contribution is 0.0639. The number of amides is 1. The maximum Gasteiger partial charge on any atom is 0.271 e. The molecule has 2 aromatic heterocycles. The molecule has 7 heteroatoms. The van der Waals surface area contributed by atoms with Crippen molar-refractivity contribution in [1.29, 1.82) is 0 Å². The van der Waals surface area contributed by atoms with Crippen molar-refractivity contribution < 1.29 is 19.0 Å². The van der Waals surface area contributed by atoms with Gasteiger partial charge in [0.2, 0.25) is 0 Å². The summed E-state index contributed by atoms with van der Waals surface area (Å²) in [6, 6.07) is 8.33. The average Bonchev–Trinajstić information content (AvgIpc) is 3.43. The predicted octanol–water partition coefficient (Wildman–Crippen LogP) is 6.25. The van der Waals surface area contributed by atoms with E-state index in [0.717, 1.165) is 39.4 Å². The standard InChI is InChI=1S/C28H36N2O4S/c1-17(2)34-22-15-19-18(14-21(22)33-8)11-12-30-25(19)24(23-10-9-13-35-23)20(16-32-7)26(30)27(31)29(6)28(3,4)5/h9-10,13-15,17H,11-12,16H2,1-8H3. The van der Waals surface area contributed by atoms with Gasteiger partial charge in [-0.3, -0.25) is 4.79 Å². The van der Waals surface area contributed by atoms with E-state index in [-0.39, 0.29) is 17.6 Å². The first-order chi connectivity index (χ1) is 16.6. The fourth-order valence-electron chi connectivity index (χ4n) is 4.62. The van der Waals surface area contributed by atoms with E-state index >= 15 is 0 Å². The van der Waals surface area contributed by atoms with E-state index in [2.05, 4.69) is 55.0 Å². The lowest BCUT2D eigenvalue weighted by Crippen LogP contribution is -2.43. The Kier molecular flexibility index (Phi) is 7.02. The van der Waals surface area contributed by atoms with Gasteiger partial charge in [-0.05, 0) is 70.2 Å². The molecule has 1 aliphatic heterocycles. The summed E-state index contributed by atoms with van der Waals surface area (Å²) in [4.78, 5) is 16.9. The minimum absolute atomic E-state index is 0.00391. The number of hydrogen-bond donors (Lipinski definition) is 0. The second kappa shape index (κ2) is 9.70. The molecule has 1 aliphatic rings. The van der Waals surface area contributed by atoms with Gasteiger partial charge in [0.25, 0.3) is 5.91 Å². The first kappa shape index (κ1) is 25.3. The number of rotatable bonds is 7. The molecule has 0 saturated heterocycles. The van der Waals surface area contributed by atoms with Gasteiger partial charge in [-0.2, -0.15) is 0 Å². The molecule has 3 heterocycles. The van der Waals surface area contributed by atoms with E-state index in [1.807, 2.05) is 25.8 Å². The molecule has 0 radical (unpaired) electrons. The maximum atomic E-state index is 14.0. The van der Waals surface area contributed by atoms with Crippen LogP contribution in [-0.4, -0.2) is 48.3 Å². The molecule has 1 aromatic carbocycles. The van der Waals surface area contributed by atoms with Gasteiger partial charge in [0.05, 0.1) is 25.5 Å². The SMILES string of the molecule is COCc1c(-c2cccs2)c2n(c1C(=O)N(C)C(C)(C)C)CCc1cc(OC)c(OC(C)C)cc1-2. The summed E-state index contributed by atoms with van der Waals surface area (Å²) >= 11 is 1.68. The van der Waals surface area contributed by atoms with Crippen molar-refractivity contribution in [2.75, 3.05) is 21.3 Å². The van der Waals surface area contributed by atoms with Crippen molar-refractivity contribution in [1.82, 2.24) is 9.47 Å². The van der Waals surface area contributed by atoms with Gasteiger partial charge in [-0.15, -0.1) is 11.3 Å². The van der Waals surface area contributed by atoms with Crippen molar-refractivity contribution >= 4 is 17.2 Å². The van der Waals surface area contributed by atoms with Crippen molar-refractivity contribution in [3.8, 4) is 33.2 Å². The molecule has 0 unspecified atom stereocenters. The Hall–Kier alpha value is -2.77. The molecule has 0 spiro atoms. The molecular formula is C28H36N2O4S. The van der Waals surface area contributed by atoms with Gasteiger partial charge in [0, 0.05) is 47.8 Å². The van der Waals surface area contributed by atoms with E-state index in [9.17, 15) is 4.79 Å². The van der Waals surface area contributed by atoms with Crippen LogP contribution in [0.15, 0.2) is 29.6 Å². The largest absolute Gasteiger partial charge is 0.493 e. The zero-order valence-corrected chi connectivity index (χ0v) is 22.8. The van der Waals surface area contributed by atoms with E-state index in [1.54, 1.807) is 25.6 Å². The highest BCUT2D eigenvalue weighted by atomic mass is 32.1. The molecule has 35 heavy (non-hydrogen) atoms. The first-order valence-corrected chi connectivity index (χ1v) is 12.9.